The van der Waals surface area contributed by atoms with Crippen molar-refractivity contribution in [2.24, 2.45) is 0 Å². The van der Waals surface area contributed by atoms with Gasteiger partial charge in [-0.1, -0.05) is 29.8 Å². The predicted octanol–water partition coefficient (Wildman–Crippen LogP) is 3.48. The molecule has 2 aromatic carbocycles. The minimum absolute atomic E-state index is 0.215. The topological polar surface area (TPSA) is 55.1 Å². The van der Waals surface area contributed by atoms with Crippen LogP contribution in [0.25, 0.3) is 0 Å². The Bertz CT molecular complexity index is 596. The number of anilines is 2. The maximum atomic E-state index is 12.1. The van der Waals surface area contributed by atoms with Gasteiger partial charge in [0.2, 0.25) is 0 Å². The quantitative estimate of drug-likeness (QED) is 0.812. The molecule has 0 radical (unpaired) electrons. The van der Waals surface area contributed by atoms with Crippen molar-refractivity contribution >= 4 is 28.9 Å². The first-order chi connectivity index (χ1) is 8.59. The molecule has 92 valence electrons. The van der Waals surface area contributed by atoms with Crippen molar-refractivity contribution in [3.8, 4) is 0 Å². The summed E-state index contributed by atoms with van der Waals surface area (Å²) in [5.41, 5.74) is 8.28. The predicted molar refractivity (Wildman–Crippen MR) is 75.0 cm³/mol. The molecule has 0 unspecified atom stereocenters. The molecule has 0 spiro atoms. The van der Waals surface area contributed by atoms with Gasteiger partial charge >= 0.3 is 0 Å². The van der Waals surface area contributed by atoms with Gasteiger partial charge < -0.3 is 11.1 Å². The standard InChI is InChI=1S/C14H13ClN2O/c1-9-10(5-4-7-12(9)16)14(18)17-13-8-3-2-6-11(13)15/h2-8H,16H2,1H3,(H,17,18). The first kappa shape index (κ1) is 12.5. The highest BCUT2D eigenvalue weighted by molar-refractivity contribution is 6.33. The fraction of sp³-hybridized carbons (Fsp3) is 0.0714. The summed E-state index contributed by atoms with van der Waals surface area (Å²) < 4.78 is 0. The second-order valence-corrected chi connectivity index (χ2v) is 4.36. The Morgan fingerprint density at radius 2 is 1.89 bits per heavy atom. The maximum absolute atomic E-state index is 12.1. The van der Waals surface area contributed by atoms with Crippen LogP contribution in [-0.4, -0.2) is 5.91 Å². The number of carbonyl (C=O) groups excluding carboxylic acids is 1. The molecule has 2 aromatic rings. The van der Waals surface area contributed by atoms with Gasteiger partial charge in [0.1, 0.15) is 0 Å². The van der Waals surface area contributed by atoms with E-state index in [0.717, 1.165) is 5.56 Å². The number of halogens is 1. The summed E-state index contributed by atoms with van der Waals surface area (Å²) in [7, 11) is 0. The molecular weight excluding hydrogens is 248 g/mol. The number of carbonyl (C=O) groups is 1. The van der Waals surface area contributed by atoms with Gasteiger partial charge in [-0.15, -0.1) is 0 Å². The lowest BCUT2D eigenvalue weighted by Crippen LogP contribution is -2.14. The first-order valence-electron chi connectivity index (χ1n) is 5.50. The van der Waals surface area contributed by atoms with E-state index in [9.17, 15) is 4.79 Å². The van der Waals surface area contributed by atoms with E-state index in [1.165, 1.54) is 0 Å². The van der Waals surface area contributed by atoms with E-state index in [1.807, 2.05) is 19.1 Å². The summed E-state index contributed by atoms with van der Waals surface area (Å²) in [4.78, 5) is 12.1. The van der Waals surface area contributed by atoms with Crippen LogP contribution in [-0.2, 0) is 0 Å². The molecule has 0 aliphatic rings. The number of nitrogens with two attached hydrogens (primary N) is 1. The molecule has 0 bridgehead atoms. The van der Waals surface area contributed by atoms with Crippen molar-refractivity contribution in [1.29, 1.82) is 0 Å². The van der Waals surface area contributed by atoms with Crippen molar-refractivity contribution in [3.05, 3.63) is 58.6 Å². The van der Waals surface area contributed by atoms with E-state index in [4.69, 9.17) is 17.3 Å². The van der Waals surface area contributed by atoms with Gasteiger partial charge in [0.25, 0.3) is 5.91 Å². The highest BCUT2D eigenvalue weighted by Crippen LogP contribution is 2.22. The molecule has 0 aromatic heterocycles. The third-order valence-corrected chi connectivity index (χ3v) is 3.07. The Balaban J connectivity index is 2.28. The van der Waals surface area contributed by atoms with E-state index in [2.05, 4.69) is 5.32 Å². The molecule has 0 atom stereocenters. The number of hydrogen-bond acceptors (Lipinski definition) is 2. The van der Waals surface area contributed by atoms with Crippen LogP contribution in [0.1, 0.15) is 15.9 Å². The summed E-state index contributed by atoms with van der Waals surface area (Å²) in [6.07, 6.45) is 0. The lowest BCUT2D eigenvalue weighted by atomic mass is 10.1. The van der Waals surface area contributed by atoms with Crippen LogP contribution in [0, 0.1) is 6.92 Å². The highest BCUT2D eigenvalue weighted by Gasteiger charge is 2.11. The molecule has 0 aliphatic carbocycles. The minimum Gasteiger partial charge on any atom is -0.398 e. The van der Waals surface area contributed by atoms with Crippen molar-refractivity contribution < 1.29 is 4.79 Å². The van der Waals surface area contributed by atoms with E-state index in [-0.39, 0.29) is 5.91 Å². The number of nitrogen functional groups attached to an aromatic ring is 1. The number of para-hydroxylation sites is 1. The zero-order chi connectivity index (χ0) is 13.1. The first-order valence-corrected chi connectivity index (χ1v) is 5.88. The SMILES string of the molecule is Cc1c(N)cccc1C(=O)Nc1ccccc1Cl. The summed E-state index contributed by atoms with van der Waals surface area (Å²) in [5.74, 6) is -0.215. The van der Waals surface area contributed by atoms with Crippen LogP contribution in [0.15, 0.2) is 42.5 Å². The van der Waals surface area contributed by atoms with E-state index in [0.29, 0.717) is 22.0 Å². The van der Waals surface area contributed by atoms with Gasteiger partial charge in [-0.3, -0.25) is 4.79 Å². The van der Waals surface area contributed by atoms with Gasteiger partial charge in [0.05, 0.1) is 10.7 Å². The number of rotatable bonds is 2. The summed E-state index contributed by atoms with van der Waals surface area (Å²) in [6, 6.07) is 12.4. The van der Waals surface area contributed by atoms with Gasteiger partial charge in [-0.2, -0.15) is 0 Å². The third-order valence-electron chi connectivity index (χ3n) is 2.74. The number of nitrogens with one attached hydrogen (secondary N) is 1. The van der Waals surface area contributed by atoms with Crippen molar-refractivity contribution in [1.82, 2.24) is 0 Å². The van der Waals surface area contributed by atoms with Gasteiger partial charge in [-0.05, 0) is 36.8 Å². The lowest BCUT2D eigenvalue weighted by Gasteiger charge is -2.10. The molecule has 4 heteroatoms. The fourth-order valence-electron chi connectivity index (χ4n) is 1.65. The Labute approximate surface area is 111 Å². The van der Waals surface area contributed by atoms with Crippen LogP contribution < -0.4 is 11.1 Å². The smallest absolute Gasteiger partial charge is 0.256 e. The molecule has 3 nitrogen and oxygen atoms in total. The summed E-state index contributed by atoms with van der Waals surface area (Å²) >= 11 is 5.99. The molecule has 0 heterocycles. The Kier molecular flexibility index (Phi) is 3.53. The van der Waals surface area contributed by atoms with Crippen molar-refractivity contribution in [3.63, 3.8) is 0 Å². The Morgan fingerprint density at radius 3 is 2.61 bits per heavy atom. The minimum atomic E-state index is -0.215. The maximum Gasteiger partial charge on any atom is 0.256 e. The lowest BCUT2D eigenvalue weighted by molar-refractivity contribution is 0.102. The monoisotopic (exact) mass is 260 g/mol. The average molecular weight is 261 g/mol. The van der Waals surface area contributed by atoms with Crippen LogP contribution in [0.5, 0.6) is 0 Å². The molecule has 0 aliphatic heterocycles. The molecule has 1 amide bonds. The highest BCUT2D eigenvalue weighted by atomic mass is 35.5. The molecule has 0 saturated carbocycles. The summed E-state index contributed by atoms with van der Waals surface area (Å²) in [5, 5.41) is 3.27. The number of hydrogen-bond donors (Lipinski definition) is 2. The van der Waals surface area contributed by atoms with Crippen LogP contribution in [0.4, 0.5) is 11.4 Å². The van der Waals surface area contributed by atoms with Gasteiger partial charge in [0, 0.05) is 11.3 Å². The molecule has 0 saturated heterocycles. The molecule has 18 heavy (non-hydrogen) atoms. The number of amides is 1. The average Bonchev–Trinajstić information content (AvgIpc) is 2.35. The van der Waals surface area contributed by atoms with E-state index in [1.54, 1.807) is 30.3 Å². The third kappa shape index (κ3) is 2.46. The van der Waals surface area contributed by atoms with Crippen LogP contribution in [0.2, 0.25) is 5.02 Å². The van der Waals surface area contributed by atoms with Crippen molar-refractivity contribution in [2.45, 2.75) is 6.92 Å². The Hall–Kier alpha value is -2.00. The second-order valence-electron chi connectivity index (χ2n) is 3.95. The Morgan fingerprint density at radius 1 is 1.17 bits per heavy atom. The van der Waals surface area contributed by atoms with Crippen LogP contribution in [0.3, 0.4) is 0 Å². The van der Waals surface area contributed by atoms with Gasteiger partial charge in [0.15, 0.2) is 0 Å². The molecule has 0 fully saturated rings. The second kappa shape index (κ2) is 5.10. The zero-order valence-corrected chi connectivity index (χ0v) is 10.7. The van der Waals surface area contributed by atoms with Crippen molar-refractivity contribution in [2.75, 3.05) is 11.1 Å². The molecule has 2 rings (SSSR count). The van der Waals surface area contributed by atoms with E-state index < -0.39 is 0 Å². The largest absolute Gasteiger partial charge is 0.398 e. The zero-order valence-electron chi connectivity index (χ0n) is 9.91. The van der Waals surface area contributed by atoms with E-state index >= 15 is 0 Å². The van der Waals surface area contributed by atoms with Gasteiger partial charge in [-0.25, -0.2) is 0 Å². The molecule has 3 N–H and O–H groups in total. The normalized spacial score (nSPS) is 10.1. The fourth-order valence-corrected chi connectivity index (χ4v) is 1.83. The number of benzene rings is 2. The molecular formula is C14H13ClN2O. The summed E-state index contributed by atoms with van der Waals surface area (Å²) in [6.45, 7) is 1.82. The van der Waals surface area contributed by atoms with Crippen LogP contribution >= 0.6 is 11.6 Å².